The minimum absolute atomic E-state index is 0.238. The smallest absolute Gasteiger partial charge is 0.0971 e. The van der Waals surface area contributed by atoms with Gasteiger partial charge in [0.15, 0.2) is 0 Å². The first-order chi connectivity index (χ1) is 26.6. The molecule has 4 atom stereocenters. The lowest BCUT2D eigenvalue weighted by molar-refractivity contribution is 0.501. The van der Waals surface area contributed by atoms with Crippen molar-refractivity contribution in [3.63, 3.8) is 0 Å². The molecule has 1 fully saturated rings. The fourth-order valence-electron chi connectivity index (χ4n) is 8.55. The monoisotopic (exact) mass is 699 g/mol. The summed E-state index contributed by atoms with van der Waals surface area (Å²) in [6, 6.07) is 45.6. The summed E-state index contributed by atoms with van der Waals surface area (Å²) in [5, 5.41) is 1.13. The molecule has 3 unspecified atom stereocenters. The summed E-state index contributed by atoms with van der Waals surface area (Å²) in [5.41, 5.74) is 21.0. The molecule has 6 aromatic rings. The molecule has 54 heavy (non-hydrogen) atoms. The third-order valence-corrected chi connectivity index (χ3v) is 11.5. The molecule has 9 rings (SSSR count). The first kappa shape index (κ1) is 33.8. The van der Waals surface area contributed by atoms with Gasteiger partial charge in [-0.05, 0) is 101 Å². The van der Waals surface area contributed by atoms with Gasteiger partial charge in [-0.2, -0.15) is 0 Å². The molecule has 0 amide bonds. The number of hydrogen-bond donors (Lipinski definition) is 1. The highest BCUT2D eigenvalue weighted by Gasteiger charge is 2.42. The van der Waals surface area contributed by atoms with Crippen LogP contribution in [0.15, 0.2) is 175 Å². The van der Waals surface area contributed by atoms with Crippen LogP contribution in [-0.4, -0.2) is 10.7 Å². The van der Waals surface area contributed by atoms with Crippen LogP contribution in [-0.2, 0) is 6.42 Å². The average Bonchev–Trinajstić information content (AvgIpc) is 4.04. The maximum atomic E-state index is 6.78. The van der Waals surface area contributed by atoms with Gasteiger partial charge in [0.1, 0.15) is 0 Å². The second-order valence-electron chi connectivity index (χ2n) is 15.2. The van der Waals surface area contributed by atoms with Gasteiger partial charge in [-0.15, -0.1) is 0 Å². The van der Waals surface area contributed by atoms with Crippen molar-refractivity contribution in [2.75, 3.05) is 0 Å². The summed E-state index contributed by atoms with van der Waals surface area (Å²) >= 11 is 0. The molecule has 1 aromatic heterocycles. The van der Waals surface area contributed by atoms with Crippen LogP contribution in [0.3, 0.4) is 0 Å². The Morgan fingerprint density at radius 3 is 2.35 bits per heavy atom. The number of hydrogen-bond acceptors (Lipinski definition) is 3. The molecule has 2 heterocycles. The first-order valence-corrected chi connectivity index (χ1v) is 19.4. The summed E-state index contributed by atoms with van der Waals surface area (Å²) in [5.74, 6) is 2.36. The summed E-state index contributed by atoms with van der Waals surface area (Å²) in [7, 11) is 0. The van der Waals surface area contributed by atoms with E-state index in [4.69, 9.17) is 15.7 Å². The van der Waals surface area contributed by atoms with Crippen LogP contribution in [0, 0.1) is 24.7 Å². The zero-order valence-corrected chi connectivity index (χ0v) is 30.8. The normalized spacial score (nSPS) is 19.6. The Morgan fingerprint density at radius 1 is 0.778 bits per heavy atom. The molecule has 2 aliphatic carbocycles. The molecule has 3 aliphatic rings. The van der Waals surface area contributed by atoms with Crippen molar-refractivity contribution in [1.29, 1.82) is 0 Å². The Hall–Kier alpha value is -6.06. The van der Waals surface area contributed by atoms with E-state index >= 15 is 0 Å². The summed E-state index contributed by atoms with van der Waals surface area (Å²) < 4.78 is 0. The number of benzene rings is 5. The van der Waals surface area contributed by atoms with E-state index in [9.17, 15) is 0 Å². The number of fused-ring (bicyclic) bond motifs is 3. The zero-order valence-electron chi connectivity index (χ0n) is 30.8. The zero-order chi connectivity index (χ0) is 36.4. The SMILES string of the molecule is Cc1cc(-c2ccccc2)c2ccc3c(c2n1)N=C(c1ccc(-c2cccc(C(/C=C(\N)c4ccccc4)C[C@H]4CC4C4C=CC=CC4)c2)cc1)C=CC3. The minimum atomic E-state index is 0.238. The van der Waals surface area contributed by atoms with E-state index in [0.717, 1.165) is 70.0 Å². The number of nitrogens with zero attached hydrogens (tertiary/aromatic N) is 2. The third-order valence-electron chi connectivity index (χ3n) is 11.5. The fraction of sp³-hybridized carbons (Fsp3) is 0.176. The van der Waals surface area contributed by atoms with Crippen molar-refractivity contribution in [3.8, 4) is 22.3 Å². The molecule has 264 valence electrons. The van der Waals surface area contributed by atoms with Gasteiger partial charge in [0.05, 0.1) is 16.9 Å². The molecule has 1 aliphatic heterocycles. The second-order valence-corrected chi connectivity index (χ2v) is 15.2. The highest BCUT2D eigenvalue weighted by atomic mass is 14.8. The van der Waals surface area contributed by atoms with Crippen molar-refractivity contribution in [2.24, 2.45) is 28.5 Å². The molecule has 0 saturated heterocycles. The number of allylic oxidation sites excluding steroid dienone is 7. The lowest BCUT2D eigenvalue weighted by Crippen LogP contribution is -2.06. The molecule has 3 nitrogen and oxygen atoms in total. The van der Waals surface area contributed by atoms with E-state index < -0.39 is 0 Å². The summed E-state index contributed by atoms with van der Waals surface area (Å²) in [6.07, 6.45) is 20.2. The first-order valence-electron chi connectivity index (χ1n) is 19.4. The molecule has 0 radical (unpaired) electrons. The van der Waals surface area contributed by atoms with Crippen LogP contribution in [0.2, 0.25) is 0 Å². The van der Waals surface area contributed by atoms with Crippen molar-refractivity contribution in [1.82, 2.24) is 4.98 Å². The van der Waals surface area contributed by atoms with Gasteiger partial charge in [-0.1, -0.05) is 158 Å². The van der Waals surface area contributed by atoms with Crippen LogP contribution >= 0.6 is 0 Å². The number of nitrogens with two attached hydrogens (primary N) is 1. The van der Waals surface area contributed by atoms with Crippen molar-refractivity contribution in [3.05, 3.63) is 198 Å². The average molecular weight is 700 g/mol. The number of aliphatic imine (C=N–C) groups is 1. The molecular formula is C51H45N3. The molecule has 1 saturated carbocycles. The number of pyridine rings is 1. The number of rotatable bonds is 9. The quantitative estimate of drug-likeness (QED) is 0.163. The fourth-order valence-corrected chi connectivity index (χ4v) is 8.55. The van der Waals surface area contributed by atoms with Gasteiger partial charge in [0.2, 0.25) is 0 Å². The number of aromatic nitrogens is 1. The van der Waals surface area contributed by atoms with Gasteiger partial charge in [0, 0.05) is 28.3 Å². The van der Waals surface area contributed by atoms with Crippen LogP contribution in [0.25, 0.3) is 38.9 Å². The van der Waals surface area contributed by atoms with Crippen molar-refractivity contribution in [2.45, 2.75) is 38.5 Å². The van der Waals surface area contributed by atoms with E-state index in [1.54, 1.807) is 0 Å². The summed E-state index contributed by atoms with van der Waals surface area (Å²) in [4.78, 5) is 10.4. The predicted molar refractivity (Wildman–Crippen MR) is 227 cm³/mol. The minimum Gasteiger partial charge on any atom is -0.398 e. The van der Waals surface area contributed by atoms with E-state index in [2.05, 4.69) is 171 Å². The van der Waals surface area contributed by atoms with E-state index in [1.807, 2.05) is 6.07 Å². The molecular weight excluding hydrogens is 655 g/mol. The molecule has 0 bridgehead atoms. The lowest BCUT2D eigenvalue weighted by atomic mass is 9.87. The van der Waals surface area contributed by atoms with Crippen molar-refractivity contribution >= 4 is 28.0 Å². The topological polar surface area (TPSA) is 51.3 Å². The summed E-state index contributed by atoms with van der Waals surface area (Å²) in [6.45, 7) is 2.07. The Labute approximate surface area is 319 Å². The van der Waals surface area contributed by atoms with Crippen molar-refractivity contribution < 1.29 is 0 Å². The second kappa shape index (κ2) is 14.8. The highest BCUT2D eigenvalue weighted by Crippen LogP contribution is 2.52. The standard InChI is InChI=1S/C51H45N3/c1-34-29-47(37-15-7-3-8-16-37)45-28-27-40-19-12-22-49(54-50(40)51(45)53-34)39-25-23-35(24-26-39)41-20-11-21-42(30-41)43(33-48(52)38-17-9-4-10-18-38)31-44-32-46(44)36-13-5-2-6-14-36/h2-13,15-18,20-30,33,36,43-44,46H,14,19,31-32,52H2,1H3/b48-33-/t36?,43?,44-,46?/m0/s1. The van der Waals surface area contributed by atoms with Crippen LogP contribution < -0.4 is 5.73 Å². The largest absolute Gasteiger partial charge is 0.398 e. The lowest BCUT2D eigenvalue weighted by Gasteiger charge is -2.18. The van der Waals surface area contributed by atoms with Gasteiger partial charge in [-0.3, -0.25) is 4.98 Å². The molecule has 0 spiro atoms. The Balaban J connectivity index is 1.01. The van der Waals surface area contributed by atoms with Crippen LogP contribution in [0.4, 0.5) is 5.69 Å². The Morgan fingerprint density at radius 2 is 1.56 bits per heavy atom. The van der Waals surface area contributed by atoms with Gasteiger partial charge in [0.25, 0.3) is 0 Å². The molecule has 3 heteroatoms. The Kier molecular flexibility index (Phi) is 9.22. The highest BCUT2D eigenvalue weighted by molar-refractivity contribution is 6.12. The molecule has 2 N–H and O–H groups in total. The maximum absolute atomic E-state index is 6.78. The van der Waals surface area contributed by atoms with Gasteiger partial charge in [-0.25, -0.2) is 4.99 Å². The van der Waals surface area contributed by atoms with Crippen LogP contribution in [0.1, 0.15) is 53.1 Å². The van der Waals surface area contributed by atoms with E-state index in [-0.39, 0.29) is 5.92 Å². The number of aryl methyl sites for hydroxylation is 1. The van der Waals surface area contributed by atoms with Gasteiger partial charge < -0.3 is 5.73 Å². The van der Waals surface area contributed by atoms with Gasteiger partial charge >= 0.3 is 0 Å². The third kappa shape index (κ3) is 7.02. The van der Waals surface area contributed by atoms with E-state index in [0.29, 0.717) is 11.8 Å². The van der Waals surface area contributed by atoms with E-state index in [1.165, 1.54) is 39.8 Å². The molecule has 5 aromatic carbocycles. The Bertz CT molecular complexity index is 2470. The maximum Gasteiger partial charge on any atom is 0.0971 e. The predicted octanol–water partition coefficient (Wildman–Crippen LogP) is 12.4. The van der Waals surface area contributed by atoms with Crippen LogP contribution in [0.5, 0.6) is 0 Å².